The van der Waals surface area contributed by atoms with Crippen molar-refractivity contribution in [2.75, 3.05) is 13.1 Å². The topological polar surface area (TPSA) is 15.6 Å². The highest BCUT2D eigenvalue weighted by atomic mass is 32.2. The number of hydrogen-bond donors (Lipinski definition) is 0. The zero-order valence-electron chi connectivity index (χ0n) is 6.87. The third kappa shape index (κ3) is 1.07. The molecule has 0 fully saturated rings. The van der Waals surface area contributed by atoms with Crippen LogP contribution in [0.2, 0.25) is 0 Å². The summed E-state index contributed by atoms with van der Waals surface area (Å²) < 4.78 is 0. The second kappa shape index (κ2) is 2.55. The van der Waals surface area contributed by atoms with Crippen LogP contribution in [0, 0.1) is 5.92 Å². The van der Waals surface area contributed by atoms with Crippen molar-refractivity contribution in [3.05, 3.63) is 11.1 Å². The molecule has 2 aliphatic rings. The van der Waals surface area contributed by atoms with Gasteiger partial charge in [0.25, 0.3) is 0 Å². The zero-order valence-corrected chi connectivity index (χ0v) is 7.69. The van der Waals surface area contributed by atoms with Crippen molar-refractivity contribution in [2.45, 2.75) is 13.8 Å². The van der Waals surface area contributed by atoms with Crippen LogP contribution in [0.4, 0.5) is 0 Å². The predicted molar refractivity (Wildman–Crippen MR) is 49.5 cm³/mol. The van der Waals surface area contributed by atoms with Crippen LogP contribution in [0.5, 0.6) is 0 Å². The predicted octanol–water partition coefficient (Wildman–Crippen LogP) is 1.90. The molecule has 2 nitrogen and oxygen atoms in total. The molecule has 2 heterocycles. The molecule has 0 bridgehead atoms. The summed E-state index contributed by atoms with van der Waals surface area (Å²) in [6.45, 7) is 6.53. The highest BCUT2D eigenvalue weighted by Gasteiger charge is 2.27. The summed E-state index contributed by atoms with van der Waals surface area (Å²) >= 11 is 1.76. The molecule has 0 spiro atoms. The van der Waals surface area contributed by atoms with Gasteiger partial charge in [-0.1, -0.05) is 25.6 Å². The number of fused-ring (bicyclic) bond motifs is 1. The van der Waals surface area contributed by atoms with Gasteiger partial charge in [0.05, 0.1) is 6.54 Å². The number of nitrogens with zero attached hydrogens (tertiary/aromatic N) is 2. The molecular weight excluding hydrogens is 156 g/mol. The molecule has 0 saturated carbocycles. The minimum Gasteiger partial charge on any atom is -0.322 e. The Balaban J connectivity index is 2.20. The molecule has 0 amide bonds. The van der Waals surface area contributed by atoms with Crippen LogP contribution in [-0.2, 0) is 0 Å². The van der Waals surface area contributed by atoms with Crippen LogP contribution in [0.1, 0.15) is 13.8 Å². The normalized spacial score (nSPS) is 22.3. The fraction of sp³-hybridized carbons (Fsp3) is 0.625. The molecule has 0 aromatic carbocycles. The number of rotatable bonds is 1. The lowest BCUT2D eigenvalue weighted by molar-refractivity contribution is 0.499. The summed E-state index contributed by atoms with van der Waals surface area (Å²) in [5.41, 5.74) is 1.44. The molecule has 0 unspecified atom stereocenters. The van der Waals surface area contributed by atoms with Gasteiger partial charge in [-0.2, -0.15) is 0 Å². The molecule has 60 valence electrons. The Morgan fingerprint density at radius 1 is 1.64 bits per heavy atom. The van der Waals surface area contributed by atoms with Gasteiger partial charge in [-0.15, -0.1) is 0 Å². The fourth-order valence-electron chi connectivity index (χ4n) is 1.39. The van der Waals surface area contributed by atoms with E-state index in [-0.39, 0.29) is 0 Å². The first kappa shape index (κ1) is 7.22. The smallest absolute Gasteiger partial charge is 0.167 e. The molecule has 0 N–H and O–H groups in total. The van der Waals surface area contributed by atoms with Gasteiger partial charge in [0, 0.05) is 12.2 Å². The SMILES string of the molecule is CC(C)C1=CSC2=NCCN12. The summed E-state index contributed by atoms with van der Waals surface area (Å²) in [7, 11) is 0. The lowest BCUT2D eigenvalue weighted by Crippen LogP contribution is -2.23. The summed E-state index contributed by atoms with van der Waals surface area (Å²) in [6.07, 6.45) is 0. The largest absolute Gasteiger partial charge is 0.322 e. The van der Waals surface area contributed by atoms with Gasteiger partial charge in [0.1, 0.15) is 0 Å². The van der Waals surface area contributed by atoms with E-state index < -0.39 is 0 Å². The highest BCUT2D eigenvalue weighted by Crippen LogP contribution is 2.32. The Morgan fingerprint density at radius 2 is 2.45 bits per heavy atom. The third-order valence-corrected chi connectivity index (χ3v) is 2.91. The van der Waals surface area contributed by atoms with E-state index in [0.717, 1.165) is 13.1 Å². The number of amidine groups is 1. The van der Waals surface area contributed by atoms with Crippen LogP contribution >= 0.6 is 11.8 Å². The standard InChI is InChI=1S/C8H12N2S/c1-6(2)7-5-11-8-9-3-4-10(7)8/h5-6H,3-4H2,1-2H3. The van der Waals surface area contributed by atoms with Crippen LogP contribution in [0.25, 0.3) is 0 Å². The van der Waals surface area contributed by atoms with Crippen molar-refractivity contribution in [1.82, 2.24) is 4.90 Å². The lowest BCUT2D eigenvalue weighted by atomic mass is 10.1. The third-order valence-electron chi connectivity index (χ3n) is 1.99. The monoisotopic (exact) mass is 168 g/mol. The van der Waals surface area contributed by atoms with Gasteiger partial charge in [-0.05, 0) is 11.3 Å². The maximum Gasteiger partial charge on any atom is 0.167 e. The van der Waals surface area contributed by atoms with E-state index in [1.807, 2.05) is 0 Å². The summed E-state index contributed by atoms with van der Waals surface area (Å²) in [5.74, 6) is 0.633. The van der Waals surface area contributed by atoms with Crippen LogP contribution < -0.4 is 0 Å². The average Bonchev–Trinajstić information content (AvgIpc) is 2.41. The van der Waals surface area contributed by atoms with Gasteiger partial charge in [0.2, 0.25) is 0 Å². The summed E-state index contributed by atoms with van der Waals surface area (Å²) in [4.78, 5) is 6.71. The van der Waals surface area contributed by atoms with E-state index >= 15 is 0 Å². The molecule has 0 radical (unpaired) electrons. The average molecular weight is 168 g/mol. The minimum absolute atomic E-state index is 0.633. The van der Waals surface area contributed by atoms with E-state index in [1.54, 1.807) is 11.8 Å². The van der Waals surface area contributed by atoms with Gasteiger partial charge in [-0.25, -0.2) is 0 Å². The Morgan fingerprint density at radius 3 is 3.18 bits per heavy atom. The Kier molecular flexibility index (Phi) is 1.68. The van der Waals surface area contributed by atoms with E-state index in [9.17, 15) is 0 Å². The van der Waals surface area contributed by atoms with Crippen molar-refractivity contribution in [3.8, 4) is 0 Å². The molecule has 0 saturated heterocycles. The van der Waals surface area contributed by atoms with E-state index in [4.69, 9.17) is 0 Å². The quantitative estimate of drug-likeness (QED) is 0.594. The molecule has 0 aliphatic carbocycles. The summed E-state index contributed by atoms with van der Waals surface area (Å²) in [6, 6.07) is 0. The second-order valence-electron chi connectivity index (χ2n) is 3.13. The first-order chi connectivity index (χ1) is 5.29. The van der Waals surface area contributed by atoms with Crippen molar-refractivity contribution in [3.63, 3.8) is 0 Å². The molecular formula is C8H12N2S. The maximum absolute atomic E-state index is 4.38. The number of allylic oxidation sites excluding steroid dienone is 1. The highest BCUT2D eigenvalue weighted by molar-refractivity contribution is 8.16. The van der Waals surface area contributed by atoms with Crippen molar-refractivity contribution >= 4 is 16.9 Å². The second-order valence-corrected chi connectivity index (χ2v) is 3.97. The number of thioether (sulfide) groups is 1. The van der Waals surface area contributed by atoms with E-state index in [1.165, 1.54) is 10.9 Å². The summed E-state index contributed by atoms with van der Waals surface area (Å²) in [5, 5.41) is 3.43. The molecule has 2 aliphatic heterocycles. The van der Waals surface area contributed by atoms with Gasteiger partial charge in [0.15, 0.2) is 5.17 Å². The molecule has 2 rings (SSSR count). The number of hydrogen-bond acceptors (Lipinski definition) is 3. The van der Waals surface area contributed by atoms with Crippen molar-refractivity contribution < 1.29 is 0 Å². The molecule has 0 atom stereocenters. The molecule has 11 heavy (non-hydrogen) atoms. The van der Waals surface area contributed by atoms with Crippen molar-refractivity contribution in [2.24, 2.45) is 10.9 Å². The van der Waals surface area contributed by atoms with E-state index in [0.29, 0.717) is 5.92 Å². The molecule has 0 aromatic rings. The molecule has 3 heteroatoms. The van der Waals surface area contributed by atoms with Crippen molar-refractivity contribution in [1.29, 1.82) is 0 Å². The minimum atomic E-state index is 0.633. The van der Waals surface area contributed by atoms with Crippen LogP contribution in [0.15, 0.2) is 16.1 Å². The Labute approximate surface area is 71.4 Å². The van der Waals surface area contributed by atoms with E-state index in [2.05, 4.69) is 29.1 Å². The zero-order chi connectivity index (χ0) is 7.84. The molecule has 0 aromatic heterocycles. The van der Waals surface area contributed by atoms with Crippen LogP contribution in [0.3, 0.4) is 0 Å². The van der Waals surface area contributed by atoms with Gasteiger partial charge >= 0.3 is 0 Å². The first-order valence-corrected chi connectivity index (χ1v) is 4.85. The van der Waals surface area contributed by atoms with Gasteiger partial charge < -0.3 is 4.90 Å². The Hall–Kier alpha value is -0.440. The first-order valence-electron chi connectivity index (χ1n) is 3.98. The van der Waals surface area contributed by atoms with Crippen LogP contribution in [-0.4, -0.2) is 23.2 Å². The number of aliphatic imine (C=N–C) groups is 1. The lowest BCUT2D eigenvalue weighted by Gasteiger charge is -2.18. The Bertz CT molecular complexity index is 230. The maximum atomic E-state index is 4.38. The fourth-order valence-corrected chi connectivity index (χ4v) is 2.51. The van der Waals surface area contributed by atoms with Gasteiger partial charge in [-0.3, -0.25) is 4.99 Å².